The number of hydrogen-bond acceptors (Lipinski definition) is 6. The third-order valence-corrected chi connectivity index (χ3v) is 4.17. The number of aromatic carboxylic acids is 2. The van der Waals surface area contributed by atoms with E-state index in [2.05, 4.69) is 0 Å². The molecule has 0 radical (unpaired) electrons. The Morgan fingerprint density at radius 2 is 1.18 bits per heavy atom. The number of carbonyl (C=O) groups excluding carboxylic acids is 1. The van der Waals surface area contributed by atoms with Crippen LogP contribution < -0.4 is 0 Å². The zero-order valence-corrected chi connectivity index (χ0v) is 18.8. The molecule has 0 aliphatic heterocycles. The van der Waals surface area contributed by atoms with Gasteiger partial charge in [0.15, 0.2) is 5.78 Å². The first-order valence-electron chi connectivity index (χ1n) is 10.0. The minimum absolute atomic E-state index is 0.0189. The maximum atomic E-state index is 12.0. The van der Waals surface area contributed by atoms with E-state index < -0.39 is 16.9 Å². The summed E-state index contributed by atoms with van der Waals surface area (Å²) in [6.45, 7) is 4.92. The Balaban J connectivity index is 0.000000302. The molecule has 0 spiro atoms. The van der Waals surface area contributed by atoms with Crippen LogP contribution in [0.2, 0.25) is 0 Å². The second-order valence-electron chi connectivity index (χ2n) is 7.18. The normalized spacial score (nSPS) is 9.68. The zero-order valence-electron chi connectivity index (χ0n) is 18.8. The Labute approximate surface area is 196 Å². The van der Waals surface area contributed by atoms with Crippen molar-refractivity contribution in [3.63, 3.8) is 0 Å². The molecule has 3 N–H and O–H groups in total. The van der Waals surface area contributed by atoms with E-state index in [0.717, 1.165) is 0 Å². The molecule has 0 fully saturated rings. The van der Waals surface area contributed by atoms with Gasteiger partial charge in [0.2, 0.25) is 0 Å². The zero-order chi connectivity index (χ0) is 25.8. The second-order valence-corrected chi connectivity index (χ2v) is 7.18. The van der Waals surface area contributed by atoms with Crippen molar-refractivity contribution in [2.75, 3.05) is 0 Å². The number of carboxylic acid groups (broad SMARTS) is 2. The van der Waals surface area contributed by atoms with Crippen molar-refractivity contribution in [2.24, 2.45) is 0 Å². The molecule has 0 aliphatic rings. The van der Waals surface area contributed by atoms with Crippen molar-refractivity contribution in [3.05, 3.63) is 111 Å². The van der Waals surface area contributed by atoms with E-state index in [4.69, 9.17) is 15.3 Å². The number of non-ortho nitro benzene ring substituents is 1. The number of carbonyl (C=O) groups is 3. The third kappa shape index (κ3) is 8.64. The smallest absolute Gasteiger partial charge is 0.335 e. The first-order valence-corrected chi connectivity index (χ1v) is 10.0. The summed E-state index contributed by atoms with van der Waals surface area (Å²) in [4.78, 5) is 43.1. The molecule has 0 bridgehead atoms. The molecule has 178 valence electrons. The van der Waals surface area contributed by atoms with Gasteiger partial charge in [0.05, 0.1) is 16.1 Å². The SMILES string of the molecule is CC(C)O.Cc1c(C(=O)O)cccc1C(=O)O.O=C(c1ccccc1)c1ccc([N+](=O)[O-])cc1. The van der Waals surface area contributed by atoms with E-state index in [0.29, 0.717) is 11.1 Å². The molecule has 0 unspecified atom stereocenters. The number of nitrogens with zero attached hydrogens (tertiary/aromatic N) is 1. The predicted molar refractivity (Wildman–Crippen MR) is 125 cm³/mol. The maximum absolute atomic E-state index is 12.0. The number of aliphatic hydroxyl groups excluding tert-OH is 1. The first kappa shape index (κ1) is 27.7. The largest absolute Gasteiger partial charge is 0.478 e. The number of carboxylic acids is 2. The van der Waals surface area contributed by atoms with Gasteiger partial charge >= 0.3 is 11.9 Å². The number of rotatable bonds is 5. The number of hydrogen-bond donors (Lipinski definition) is 3. The van der Waals surface area contributed by atoms with Crippen LogP contribution in [-0.4, -0.2) is 44.1 Å². The van der Waals surface area contributed by atoms with Crippen LogP contribution in [0, 0.1) is 17.0 Å². The van der Waals surface area contributed by atoms with Crippen LogP contribution in [-0.2, 0) is 0 Å². The Bertz CT molecular complexity index is 1100. The summed E-state index contributed by atoms with van der Waals surface area (Å²) in [5.74, 6) is -2.36. The highest BCUT2D eigenvalue weighted by Crippen LogP contribution is 2.15. The van der Waals surface area contributed by atoms with Gasteiger partial charge in [-0.05, 0) is 50.6 Å². The second kappa shape index (κ2) is 13.2. The monoisotopic (exact) mass is 467 g/mol. The van der Waals surface area contributed by atoms with Crippen LogP contribution in [0.5, 0.6) is 0 Å². The molecule has 0 saturated heterocycles. The van der Waals surface area contributed by atoms with Gasteiger partial charge in [-0.15, -0.1) is 0 Å². The molecule has 0 atom stereocenters. The fraction of sp³-hybridized carbons (Fsp3) is 0.160. The quantitative estimate of drug-likeness (QED) is 0.279. The Hall–Kier alpha value is -4.37. The molecule has 34 heavy (non-hydrogen) atoms. The highest BCUT2D eigenvalue weighted by molar-refractivity contribution is 6.09. The van der Waals surface area contributed by atoms with Gasteiger partial charge in [0.25, 0.3) is 5.69 Å². The Morgan fingerprint density at radius 1 is 0.765 bits per heavy atom. The summed E-state index contributed by atoms with van der Waals surface area (Å²) < 4.78 is 0. The van der Waals surface area contributed by atoms with E-state index in [9.17, 15) is 24.5 Å². The lowest BCUT2D eigenvalue weighted by Gasteiger charge is -2.03. The fourth-order valence-corrected chi connectivity index (χ4v) is 2.59. The average molecular weight is 467 g/mol. The summed E-state index contributed by atoms with van der Waals surface area (Å²) in [6.07, 6.45) is -0.167. The van der Waals surface area contributed by atoms with Gasteiger partial charge in [0, 0.05) is 29.4 Å². The summed E-state index contributed by atoms with van der Waals surface area (Å²) in [7, 11) is 0. The lowest BCUT2D eigenvalue weighted by molar-refractivity contribution is -0.384. The minimum atomic E-state index is -1.11. The molecule has 0 aromatic heterocycles. The van der Waals surface area contributed by atoms with Crippen molar-refractivity contribution in [1.29, 1.82) is 0 Å². The van der Waals surface area contributed by atoms with Gasteiger partial charge in [0.1, 0.15) is 0 Å². The maximum Gasteiger partial charge on any atom is 0.335 e. The number of aliphatic hydroxyl groups is 1. The van der Waals surface area contributed by atoms with Crippen molar-refractivity contribution in [2.45, 2.75) is 26.9 Å². The summed E-state index contributed by atoms with van der Waals surface area (Å²) >= 11 is 0. The molecular weight excluding hydrogens is 442 g/mol. The van der Waals surface area contributed by atoms with Gasteiger partial charge in [-0.3, -0.25) is 14.9 Å². The summed E-state index contributed by atoms with van der Waals surface area (Å²) in [6, 6.07) is 18.6. The van der Waals surface area contributed by atoms with Crippen LogP contribution in [0.15, 0.2) is 72.8 Å². The van der Waals surface area contributed by atoms with Gasteiger partial charge in [-0.25, -0.2) is 9.59 Å². The topological polar surface area (TPSA) is 155 Å². The Kier molecular flexibility index (Phi) is 10.8. The van der Waals surface area contributed by atoms with E-state index in [1.807, 2.05) is 6.07 Å². The molecule has 0 heterocycles. The van der Waals surface area contributed by atoms with Crippen LogP contribution in [0.4, 0.5) is 5.69 Å². The molecule has 0 saturated carbocycles. The van der Waals surface area contributed by atoms with Gasteiger partial charge < -0.3 is 15.3 Å². The molecule has 9 heteroatoms. The van der Waals surface area contributed by atoms with Gasteiger partial charge in [-0.2, -0.15) is 0 Å². The van der Waals surface area contributed by atoms with Crippen LogP contribution in [0.3, 0.4) is 0 Å². The highest BCUT2D eigenvalue weighted by Gasteiger charge is 2.13. The molecule has 3 aromatic carbocycles. The molecule has 3 aromatic rings. The number of ketones is 1. The molecule has 0 aliphatic carbocycles. The van der Waals surface area contributed by atoms with Crippen LogP contribution in [0.25, 0.3) is 0 Å². The number of nitro benzene ring substituents is 1. The Morgan fingerprint density at radius 3 is 1.56 bits per heavy atom. The summed E-state index contributed by atoms with van der Waals surface area (Å²) in [5, 5.41) is 35.9. The molecule has 3 rings (SSSR count). The standard InChI is InChI=1S/C13H9NO3.C9H8O4.C3H8O/c15-13(10-4-2-1-3-5-10)11-6-8-12(9-7-11)14(16)17;1-5-6(8(10)11)3-2-4-7(5)9(12)13;1-3(2)4/h1-9H;2-4H,1H3,(H,10,11)(H,12,13);3-4H,1-2H3. The van der Waals surface area contributed by atoms with Crippen molar-refractivity contribution in [3.8, 4) is 0 Å². The molecule has 9 nitrogen and oxygen atoms in total. The van der Waals surface area contributed by atoms with Crippen LogP contribution in [0.1, 0.15) is 56.0 Å². The highest BCUT2D eigenvalue weighted by atomic mass is 16.6. The predicted octanol–water partition coefficient (Wildman–Crippen LogP) is 4.60. The minimum Gasteiger partial charge on any atom is -0.478 e. The van der Waals surface area contributed by atoms with E-state index in [1.54, 1.807) is 38.1 Å². The van der Waals surface area contributed by atoms with Crippen molar-refractivity contribution >= 4 is 23.4 Å². The lowest BCUT2D eigenvalue weighted by atomic mass is 10.0. The fourth-order valence-electron chi connectivity index (χ4n) is 2.59. The average Bonchev–Trinajstić information content (AvgIpc) is 2.79. The third-order valence-electron chi connectivity index (χ3n) is 4.17. The van der Waals surface area contributed by atoms with Crippen molar-refractivity contribution < 1.29 is 34.6 Å². The number of nitro groups is 1. The lowest BCUT2D eigenvalue weighted by Crippen LogP contribution is -2.06. The van der Waals surface area contributed by atoms with Gasteiger partial charge in [-0.1, -0.05) is 36.4 Å². The van der Waals surface area contributed by atoms with Crippen LogP contribution >= 0.6 is 0 Å². The number of benzene rings is 3. The summed E-state index contributed by atoms with van der Waals surface area (Å²) in [5.41, 5.74) is 1.33. The van der Waals surface area contributed by atoms with E-state index in [-0.39, 0.29) is 34.3 Å². The first-order chi connectivity index (χ1) is 16.0. The molecule has 0 amide bonds. The van der Waals surface area contributed by atoms with E-state index in [1.165, 1.54) is 49.4 Å². The molecular formula is C25H25NO8. The van der Waals surface area contributed by atoms with E-state index >= 15 is 0 Å². The van der Waals surface area contributed by atoms with Crippen molar-refractivity contribution in [1.82, 2.24) is 0 Å².